The molecular formula is C5H2Cl2N2O. The molecule has 1 rings (SSSR count). The zero-order chi connectivity index (χ0) is 7.56. The van der Waals surface area contributed by atoms with E-state index in [0.717, 1.165) is 0 Å². The number of aromatic nitrogens is 2. The molecule has 0 atom stereocenters. The Bertz CT molecular complexity index is 264. The molecule has 0 aromatic carbocycles. The summed E-state index contributed by atoms with van der Waals surface area (Å²) < 4.78 is 0. The quantitative estimate of drug-likeness (QED) is 0.482. The Balaban J connectivity index is 3.15. The molecule has 0 aliphatic carbocycles. The highest BCUT2D eigenvalue weighted by molar-refractivity contribution is 6.68. The molecule has 5 heteroatoms. The van der Waals surface area contributed by atoms with Crippen LogP contribution in [0.1, 0.15) is 10.4 Å². The number of carbonyl (C=O) groups excluding carboxylic acids is 1. The van der Waals surface area contributed by atoms with E-state index in [1.165, 1.54) is 12.5 Å². The minimum Gasteiger partial charge on any atom is -0.275 e. The average molecular weight is 177 g/mol. The van der Waals surface area contributed by atoms with E-state index in [4.69, 9.17) is 23.2 Å². The Morgan fingerprint density at radius 1 is 1.60 bits per heavy atom. The summed E-state index contributed by atoms with van der Waals surface area (Å²) in [4.78, 5) is 17.6. The fourth-order valence-corrected chi connectivity index (χ4v) is 0.811. The second-order valence-electron chi connectivity index (χ2n) is 1.50. The first-order valence-corrected chi connectivity index (χ1v) is 3.12. The molecule has 0 spiro atoms. The fourth-order valence-electron chi connectivity index (χ4n) is 0.447. The van der Waals surface area contributed by atoms with Crippen LogP contribution in [0.4, 0.5) is 0 Å². The minimum atomic E-state index is -0.648. The largest absolute Gasteiger partial charge is 0.275 e. The second kappa shape index (κ2) is 2.94. The number of halogens is 2. The van der Waals surface area contributed by atoms with Crippen LogP contribution in [0.25, 0.3) is 0 Å². The van der Waals surface area contributed by atoms with Gasteiger partial charge in [-0.05, 0) is 11.6 Å². The van der Waals surface area contributed by atoms with Crippen molar-refractivity contribution in [1.82, 2.24) is 9.97 Å². The fraction of sp³-hybridized carbons (Fsp3) is 0. The van der Waals surface area contributed by atoms with Gasteiger partial charge >= 0.3 is 0 Å². The lowest BCUT2D eigenvalue weighted by molar-refractivity contribution is 0.108. The van der Waals surface area contributed by atoms with Crippen LogP contribution in [0.15, 0.2) is 12.5 Å². The number of carbonyl (C=O) groups is 1. The van der Waals surface area contributed by atoms with Crippen molar-refractivity contribution in [2.75, 3.05) is 0 Å². The molecule has 0 amide bonds. The van der Waals surface area contributed by atoms with Crippen LogP contribution in [0, 0.1) is 0 Å². The Hall–Kier alpha value is -0.670. The monoisotopic (exact) mass is 176 g/mol. The first kappa shape index (κ1) is 7.44. The number of hydrogen-bond donors (Lipinski definition) is 0. The predicted molar refractivity (Wildman–Crippen MR) is 37.2 cm³/mol. The third-order valence-corrected chi connectivity index (χ3v) is 1.38. The van der Waals surface area contributed by atoms with Gasteiger partial charge in [0.1, 0.15) is 11.5 Å². The molecule has 0 saturated heterocycles. The minimum absolute atomic E-state index is 0.0787. The standard InChI is InChI=1S/C5H2Cl2N2O/c6-4-3(5(7)10)1-8-2-9-4/h1-2H. The third kappa shape index (κ3) is 1.43. The van der Waals surface area contributed by atoms with Crippen molar-refractivity contribution in [2.24, 2.45) is 0 Å². The molecule has 0 aliphatic rings. The zero-order valence-electron chi connectivity index (χ0n) is 4.71. The van der Waals surface area contributed by atoms with Crippen molar-refractivity contribution in [1.29, 1.82) is 0 Å². The summed E-state index contributed by atoms with van der Waals surface area (Å²) in [6.07, 6.45) is 2.51. The molecule has 10 heavy (non-hydrogen) atoms. The normalized spacial score (nSPS) is 9.40. The second-order valence-corrected chi connectivity index (χ2v) is 2.20. The van der Waals surface area contributed by atoms with Crippen molar-refractivity contribution in [3.8, 4) is 0 Å². The number of hydrogen-bond acceptors (Lipinski definition) is 3. The summed E-state index contributed by atoms with van der Waals surface area (Å²) in [5.41, 5.74) is 0.130. The highest BCUT2D eigenvalue weighted by Gasteiger charge is 2.06. The average Bonchev–Trinajstić information content (AvgIpc) is 1.88. The maximum atomic E-state index is 10.5. The van der Waals surface area contributed by atoms with E-state index in [2.05, 4.69) is 9.97 Å². The van der Waals surface area contributed by atoms with Gasteiger partial charge in [-0.25, -0.2) is 9.97 Å². The van der Waals surface area contributed by atoms with Gasteiger partial charge in [-0.1, -0.05) is 11.6 Å². The van der Waals surface area contributed by atoms with Crippen molar-refractivity contribution in [2.45, 2.75) is 0 Å². The molecule has 0 radical (unpaired) electrons. The van der Waals surface area contributed by atoms with E-state index in [1.807, 2.05) is 0 Å². The summed E-state index contributed by atoms with van der Waals surface area (Å²) >= 11 is 10.6. The molecular weight excluding hydrogens is 175 g/mol. The summed E-state index contributed by atoms with van der Waals surface area (Å²) in [6, 6.07) is 0. The van der Waals surface area contributed by atoms with Crippen molar-refractivity contribution in [3.05, 3.63) is 23.2 Å². The van der Waals surface area contributed by atoms with E-state index in [9.17, 15) is 4.79 Å². The van der Waals surface area contributed by atoms with E-state index < -0.39 is 5.24 Å². The molecule has 0 unspecified atom stereocenters. The van der Waals surface area contributed by atoms with E-state index >= 15 is 0 Å². The molecule has 3 nitrogen and oxygen atoms in total. The summed E-state index contributed by atoms with van der Waals surface area (Å²) in [6.45, 7) is 0. The third-order valence-electron chi connectivity index (χ3n) is 0.875. The molecule has 0 aliphatic heterocycles. The molecule has 1 aromatic heterocycles. The van der Waals surface area contributed by atoms with Gasteiger partial charge < -0.3 is 0 Å². The van der Waals surface area contributed by atoms with Crippen molar-refractivity contribution >= 4 is 28.4 Å². The van der Waals surface area contributed by atoms with E-state index in [0.29, 0.717) is 0 Å². The smallest absolute Gasteiger partial charge is 0.257 e. The number of rotatable bonds is 1. The van der Waals surface area contributed by atoms with Gasteiger partial charge in [-0.2, -0.15) is 0 Å². The SMILES string of the molecule is O=C(Cl)c1cncnc1Cl. The topological polar surface area (TPSA) is 42.9 Å². The molecule has 52 valence electrons. The van der Waals surface area contributed by atoms with Crippen molar-refractivity contribution < 1.29 is 4.79 Å². The van der Waals surface area contributed by atoms with Crippen LogP contribution in [-0.4, -0.2) is 15.2 Å². The summed E-state index contributed by atoms with van der Waals surface area (Å²) in [5.74, 6) is 0. The first-order valence-electron chi connectivity index (χ1n) is 2.37. The van der Waals surface area contributed by atoms with Crippen LogP contribution in [0.5, 0.6) is 0 Å². The lowest BCUT2D eigenvalue weighted by Crippen LogP contribution is -1.93. The molecule has 0 bridgehead atoms. The van der Waals surface area contributed by atoms with Gasteiger partial charge in [-0.15, -0.1) is 0 Å². The maximum Gasteiger partial charge on any atom is 0.257 e. The van der Waals surface area contributed by atoms with Gasteiger partial charge in [0.15, 0.2) is 0 Å². The van der Waals surface area contributed by atoms with Crippen LogP contribution in [0.2, 0.25) is 5.15 Å². The Kier molecular flexibility index (Phi) is 2.19. The maximum absolute atomic E-state index is 10.5. The van der Waals surface area contributed by atoms with Crippen LogP contribution in [0.3, 0.4) is 0 Å². The van der Waals surface area contributed by atoms with Gasteiger partial charge in [-0.3, -0.25) is 4.79 Å². The van der Waals surface area contributed by atoms with E-state index in [1.54, 1.807) is 0 Å². The zero-order valence-corrected chi connectivity index (χ0v) is 6.23. The van der Waals surface area contributed by atoms with Crippen molar-refractivity contribution in [3.63, 3.8) is 0 Å². The Morgan fingerprint density at radius 2 is 2.30 bits per heavy atom. The van der Waals surface area contributed by atoms with Gasteiger partial charge in [0, 0.05) is 6.20 Å². The van der Waals surface area contributed by atoms with Crippen LogP contribution >= 0.6 is 23.2 Å². The molecule has 1 aromatic rings. The molecule has 0 N–H and O–H groups in total. The van der Waals surface area contributed by atoms with E-state index in [-0.39, 0.29) is 10.7 Å². The lowest BCUT2D eigenvalue weighted by atomic mass is 10.4. The van der Waals surface area contributed by atoms with Crippen LogP contribution < -0.4 is 0 Å². The Labute approximate surface area is 67.0 Å². The molecule has 0 saturated carbocycles. The molecule has 0 fully saturated rings. The van der Waals surface area contributed by atoms with Crippen LogP contribution in [-0.2, 0) is 0 Å². The Morgan fingerprint density at radius 3 is 2.70 bits per heavy atom. The first-order chi connectivity index (χ1) is 4.72. The van der Waals surface area contributed by atoms with Gasteiger partial charge in [0.2, 0.25) is 0 Å². The summed E-state index contributed by atoms with van der Waals surface area (Å²) in [7, 11) is 0. The highest BCUT2D eigenvalue weighted by Crippen LogP contribution is 2.11. The molecule has 1 heterocycles. The van der Waals surface area contributed by atoms with Gasteiger partial charge in [0.05, 0.1) is 5.56 Å². The highest BCUT2D eigenvalue weighted by atomic mass is 35.5. The van der Waals surface area contributed by atoms with Gasteiger partial charge in [0.25, 0.3) is 5.24 Å². The predicted octanol–water partition coefficient (Wildman–Crippen LogP) is 1.51. The lowest BCUT2D eigenvalue weighted by Gasteiger charge is -1.92. The summed E-state index contributed by atoms with van der Waals surface area (Å²) in [5, 5.41) is -0.569. The number of nitrogens with zero attached hydrogens (tertiary/aromatic N) is 2.